The number of fused-ring (bicyclic) bond motifs is 1. The number of ether oxygens (including phenoxy) is 4. The van der Waals surface area contributed by atoms with E-state index in [1.807, 2.05) is 26.0 Å². The summed E-state index contributed by atoms with van der Waals surface area (Å²) in [5.41, 5.74) is 2.43. The molecule has 1 aliphatic heterocycles. The first-order valence-corrected chi connectivity index (χ1v) is 9.52. The number of methoxy groups -OCH3 is 1. The van der Waals surface area contributed by atoms with Crippen LogP contribution in [0.2, 0.25) is 0 Å². The zero-order valence-corrected chi connectivity index (χ0v) is 16.8. The van der Waals surface area contributed by atoms with E-state index in [-0.39, 0.29) is 18.6 Å². The summed E-state index contributed by atoms with van der Waals surface area (Å²) < 4.78 is 22.3. The predicted octanol–water partition coefficient (Wildman–Crippen LogP) is 2.93. The summed E-state index contributed by atoms with van der Waals surface area (Å²) in [6.45, 7) is 4.60. The molecule has 2 aromatic rings. The predicted molar refractivity (Wildman–Crippen MR) is 107 cm³/mol. The minimum Gasteiger partial charge on any atom is -0.494 e. The second-order valence-corrected chi connectivity index (χ2v) is 6.73. The Hall–Kier alpha value is -3.22. The summed E-state index contributed by atoms with van der Waals surface area (Å²) in [6, 6.07) is 8.66. The first kappa shape index (κ1) is 20.5. The minimum absolute atomic E-state index is 0.137. The van der Waals surface area contributed by atoms with Gasteiger partial charge in [-0.3, -0.25) is 9.59 Å². The summed E-state index contributed by atoms with van der Waals surface area (Å²) in [4.78, 5) is 23.1. The van der Waals surface area contributed by atoms with E-state index in [9.17, 15) is 9.59 Å². The zero-order valence-electron chi connectivity index (χ0n) is 16.8. The smallest absolute Gasteiger partial charge is 0.258 e. The van der Waals surface area contributed by atoms with E-state index in [1.54, 1.807) is 18.2 Å². The van der Waals surface area contributed by atoms with E-state index in [0.717, 1.165) is 35.3 Å². The fourth-order valence-corrected chi connectivity index (χ4v) is 3.17. The first-order valence-electron chi connectivity index (χ1n) is 9.52. The van der Waals surface area contributed by atoms with Crippen LogP contribution in [0.25, 0.3) is 0 Å². The van der Waals surface area contributed by atoms with Gasteiger partial charge in [-0.25, -0.2) is 0 Å². The van der Waals surface area contributed by atoms with Crippen LogP contribution in [0.5, 0.6) is 23.0 Å². The van der Waals surface area contributed by atoms with Crippen molar-refractivity contribution in [1.82, 2.24) is 5.32 Å². The Bertz CT molecular complexity index is 895. The zero-order chi connectivity index (χ0) is 20.8. The molecule has 7 nitrogen and oxygen atoms in total. The first-order chi connectivity index (χ1) is 14.0. The van der Waals surface area contributed by atoms with Crippen LogP contribution in [0.4, 0.5) is 0 Å². The molecule has 0 unspecified atom stereocenters. The number of nitrogens with one attached hydrogen (secondary N) is 1. The lowest BCUT2D eigenvalue weighted by atomic mass is 10.1. The number of amides is 1. The summed E-state index contributed by atoms with van der Waals surface area (Å²) in [5, 5.41) is 2.83. The maximum Gasteiger partial charge on any atom is 0.258 e. The van der Waals surface area contributed by atoms with Gasteiger partial charge >= 0.3 is 0 Å². The van der Waals surface area contributed by atoms with Crippen LogP contribution in [0.3, 0.4) is 0 Å². The van der Waals surface area contributed by atoms with E-state index in [4.69, 9.17) is 18.9 Å². The molecule has 0 fully saturated rings. The number of rotatable bonds is 9. The molecule has 154 valence electrons. The van der Waals surface area contributed by atoms with Crippen molar-refractivity contribution in [3.05, 3.63) is 47.0 Å². The molecule has 0 saturated carbocycles. The molecule has 1 heterocycles. The molecular weight excluding hydrogens is 374 g/mol. The highest BCUT2D eigenvalue weighted by Crippen LogP contribution is 2.35. The van der Waals surface area contributed by atoms with E-state index < -0.39 is 0 Å². The van der Waals surface area contributed by atoms with Crippen molar-refractivity contribution in [3.63, 3.8) is 0 Å². The summed E-state index contributed by atoms with van der Waals surface area (Å²) >= 11 is 0. The van der Waals surface area contributed by atoms with Gasteiger partial charge in [0, 0.05) is 29.7 Å². The van der Waals surface area contributed by atoms with Crippen molar-refractivity contribution in [1.29, 1.82) is 0 Å². The molecular formula is C22H25NO6. The molecule has 2 aromatic carbocycles. The molecule has 0 saturated heterocycles. The molecule has 0 spiro atoms. The Morgan fingerprint density at radius 3 is 2.76 bits per heavy atom. The molecule has 29 heavy (non-hydrogen) atoms. The van der Waals surface area contributed by atoms with Gasteiger partial charge in [0.2, 0.25) is 0 Å². The van der Waals surface area contributed by atoms with Gasteiger partial charge in [0.15, 0.2) is 18.1 Å². The van der Waals surface area contributed by atoms with Crippen molar-refractivity contribution in [2.45, 2.75) is 32.9 Å². The third-order valence-corrected chi connectivity index (χ3v) is 4.54. The SMILES string of the molecule is CCOc1cc2c(cc1CNC(=O)COc1ccc(C=O)cc1OC)O[C@@H](C)C2. The highest BCUT2D eigenvalue weighted by atomic mass is 16.5. The molecule has 7 heteroatoms. The molecule has 0 radical (unpaired) electrons. The molecule has 3 rings (SSSR count). The molecule has 0 aliphatic carbocycles. The van der Waals surface area contributed by atoms with Gasteiger partial charge in [-0.15, -0.1) is 0 Å². The second kappa shape index (κ2) is 9.32. The fourth-order valence-electron chi connectivity index (χ4n) is 3.17. The van der Waals surface area contributed by atoms with Crippen molar-refractivity contribution < 1.29 is 28.5 Å². The highest BCUT2D eigenvalue weighted by Gasteiger charge is 2.22. The normalized spacial score (nSPS) is 14.5. The quantitative estimate of drug-likeness (QED) is 0.653. The standard InChI is InChI=1S/C22H25NO6/c1-4-27-19-9-16-7-14(2)29-20(16)10-17(19)11-23-22(25)13-28-18-6-5-15(12-24)8-21(18)26-3/h5-6,8-10,12,14H,4,7,11,13H2,1-3H3,(H,23,25)/t14-/m0/s1. The van der Waals surface area contributed by atoms with Crippen molar-refractivity contribution in [2.24, 2.45) is 0 Å². The van der Waals surface area contributed by atoms with Gasteiger partial charge in [-0.2, -0.15) is 0 Å². The monoisotopic (exact) mass is 399 g/mol. The van der Waals surface area contributed by atoms with Crippen LogP contribution < -0.4 is 24.3 Å². The minimum atomic E-state index is -0.288. The highest BCUT2D eigenvalue weighted by molar-refractivity contribution is 5.78. The number of hydrogen-bond acceptors (Lipinski definition) is 6. The lowest BCUT2D eigenvalue weighted by Gasteiger charge is -2.14. The number of carbonyl (C=O) groups excluding carboxylic acids is 2. The number of hydrogen-bond donors (Lipinski definition) is 1. The summed E-state index contributed by atoms with van der Waals surface area (Å²) in [5.74, 6) is 2.08. The second-order valence-electron chi connectivity index (χ2n) is 6.73. The van der Waals surface area contributed by atoms with E-state index >= 15 is 0 Å². The third kappa shape index (κ3) is 4.99. The average Bonchev–Trinajstić information content (AvgIpc) is 3.09. The van der Waals surface area contributed by atoms with Gasteiger partial charge in [0.05, 0.1) is 13.7 Å². The topological polar surface area (TPSA) is 83.1 Å². The lowest BCUT2D eigenvalue weighted by Crippen LogP contribution is -2.28. The Labute approximate surface area is 169 Å². The molecule has 0 bridgehead atoms. The van der Waals surface area contributed by atoms with Crippen LogP contribution in [-0.2, 0) is 17.8 Å². The summed E-state index contributed by atoms with van der Waals surface area (Å²) in [6.07, 6.45) is 1.70. The van der Waals surface area contributed by atoms with Gasteiger partial charge < -0.3 is 24.3 Å². The van der Waals surface area contributed by atoms with Crippen LogP contribution in [0, 0.1) is 0 Å². The molecule has 1 aliphatic rings. The third-order valence-electron chi connectivity index (χ3n) is 4.54. The molecule has 1 N–H and O–H groups in total. The maximum absolute atomic E-state index is 12.3. The number of aldehydes is 1. The fraction of sp³-hybridized carbons (Fsp3) is 0.364. The Kier molecular flexibility index (Phi) is 6.59. The van der Waals surface area contributed by atoms with Crippen molar-refractivity contribution in [2.75, 3.05) is 20.3 Å². The Morgan fingerprint density at radius 2 is 2.03 bits per heavy atom. The largest absolute Gasteiger partial charge is 0.494 e. The van der Waals surface area contributed by atoms with E-state index in [2.05, 4.69) is 5.32 Å². The van der Waals surface area contributed by atoms with Crippen LogP contribution >= 0.6 is 0 Å². The molecule has 1 atom stereocenters. The van der Waals surface area contributed by atoms with Gasteiger partial charge in [-0.1, -0.05) is 0 Å². The van der Waals surface area contributed by atoms with E-state index in [0.29, 0.717) is 30.2 Å². The lowest BCUT2D eigenvalue weighted by molar-refractivity contribution is -0.123. The Morgan fingerprint density at radius 1 is 1.21 bits per heavy atom. The Balaban J connectivity index is 1.61. The number of carbonyl (C=O) groups is 2. The van der Waals surface area contributed by atoms with Crippen molar-refractivity contribution >= 4 is 12.2 Å². The van der Waals surface area contributed by atoms with E-state index in [1.165, 1.54) is 7.11 Å². The van der Waals surface area contributed by atoms with Gasteiger partial charge in [0.1, 0.15) is 23.9 Å². The van der Waals surface area contributed by atoms with Crippen molar-refractivity contribution in [3.8, 4) is 23.0 Å². The summed E-state index contributed by atoms with van der Waals surface area (Å²) in [7, 11) is 1.48. The van der Waals surface area contributed by atoms with Gasteiger partial charge in [0.25, 0.3) is 5.91 Å². The van der Waals surface area contributed by atoms with Crippen LogP contribution in [0.15, 0.2) is 30.3 Å². The molecule has 0 aromatic heterocycles. The number of benzene rings is 2. The van der Waals surface area contributed by atoms with Crippen LogP contribution in [0.1, 0.15) is 35.3 Å². The van der Waals surface area contributed by atoms with Crippen LogP contribution in [-0.4, -0.2) is 38.6 Å². The molecule has 1 amide bonds. The van der Waals surface area contributed by atoms with Gasteiger partial charge in [-0.05, 0) is 44.2 Å². The average molecular weight is 399 g/mol. The maximum atomic E-state index is 12.3.